The van der Waals surface area contributed by atoms with Crippen LogP contribution in [0.1, 0.15) is 30.5 Å². The number of hydrogen-bond acceptors (Lipinski definition) is 5. The van der Waals surface area contributed by atoms with Crippen molar-refractivity contribution in [1.29, 1.82) is 0 Å². The van der Waals surface area contributed by atoms with E-state index in [-0.39, 0.29) is 23.4 Å². The molecule has 2 aromatic rings. The predicted molar refractivity (Wildman–Crippen MR) is 118 cm³/mol. The molecule has 3 rings (SSSR count). The molecule has 1 heterocycles. The maximum Gasteiger partial charge on any atom is 0.278 e. The molecule has 0 unspecified atom stereocenters. The topological polar surface area (TPSA) is 67.9 Å². The highest BCUT2D eigenvalue weighted by atomic mass is 16.5. The Hall–Kier alpha value is -3.28. The minimum Gasteiger partial charge on any atom is -0.497 e. The molecule has 6 nitrogen and oxygen atoms in total. The number of carbonyl (C=O) groups excluding carboxylic acids is 2. The monoisotopic (exact) mass is 408 g/mol. The van der Waals surface area contributed by atoms with Crippen LogP contribution < -0.4 is 14.8 Å². The van der Waals surface area contributed by atoms with E-state index in [9.17, 15) is 9.59 Å². The summed E-state index contributed by atoms with van der Waals surface area (Å²) in [4.78, 5) is 27.8. The number of benzene rings is 2. The highest BCUT2D eigenvalue weighted by Gasteiger charge is 2.39. The molecule has 1 aliphatic heterocycles. The van der Waals surface area contributed by atoms with Crippen LogP contribution in [0.4, 0.5) is 5.69 Å². The van der Waals surface area contributed by atoms with Gasteiger partial charge in [0.2, 0.25) is 0 Å². The molecule has 0 aliphatic carbocycles. The van der Waals surface area contributed by atoms with Gasteiger partial charge in [-0.1, -0.05) is 32.0 Å². The van der Waals surface area contributed by atoms with Gasteiger partial charge in [0.25, 0.3) is 11.8 Å². The summed E-state index contributed by atoms with van der Waals surface area (Å²) >= 11 is 0. The van der Waals surface area contributed by atoms with E-state index in [0.29, 0.717) is 29.3 Å². The Morgan fingerprint density at radius 1 is 0.900 bits per heavy atom. The Kier molecular flexibility index (Phi) is 6.15. The molecule has 1 aliphatic rings. The lowest BCUT2D eigenvalue weighted by Gasteiger charge is -2.17. The highest BCUT2D eigenvalue weighted by Crippen LogP contribution is 2.34. The number of amides is 2. The molecule has 30 heavy (non-hydrogen) atoms. The first-order valence-corrected chi connectivity index (χ1v) is 9.93. The summed E-state index contributed by atoms with van der Waals surface area (Å²) in [6.45, 7) is 8.33. The molecular formula is C24H28N2O4. The number of nitrogens with zero attached hydrogens (tertiary/aromatic N) is 1. The maximum absolute atomic E-state index is 13.3. The van der Waals surface area contributed by atoms with Gasteiger partial charge < -0.3 is 14.8 Å². The minimum atomic E-state index is -0.330. The second-order valence-corrected chi connectivity index (χ2v) is 7.89. The van der Waals surface area contributed by atoms with Crippen molar-refractivity contribution in [2.45, 2.75) is 27.7 Å². The Morgan fingerprint density at radius 2 is 1.53 bits per heavy atom. The van der Waals surface area contributed by atoms with Gasteiger partial charge >= 0.3 is 0 Å². The van der Waals surface area contributed by atoms with Crippen LogP contribution in [0.3, 0.4) is 0 Å². The van der Waals surface area contributed by atoms with Gasteiger partial charge in [-0.15, -0.1) is 0 Å². The summed E-state index contributed by atoms with van der Waals surface area (Å²) in [6, 6.07) is 11.1. The van der Waals surface area contributed by atoms with Crippen LogP contribution in [-0.4, -0.2) is 37.5 Å². The third-order valence-electron chi connectivity index (χ3n) is 5.13. The molecule has 2 aromatic carbocycles. The lowest BCUT2D eigenvalue weighted by molar-refractivity contribution is -0.137. The van der Waals surface area contributed by atoms with Gasteiger partial charge in [-0.25, -0.2) is 0 Å². The lowest BCUT2D eigenvalue weighted by atomic mass is 9.99. The predicted octanol–water partition coefficient (Wildman–Crippen LogP) is 4.17. The molecule has 6 heteroatoms. The molecule has 0 fully saturated rings. The molecule has 0 atom stereocenters. The molecule has 1 N–H and O–H groups in total. The van der Waals surface area contributed by atoms with E-state index in [1.807, 2.05) is 45.9 Å². The second kappa shape index (κ2) is 8.61. The Bertz CT molecular complexity index is 1000. The van der Waals surface area contributed by atoms with E-state index >= 15 is 0 Å². The van der Waals surface area contributed by atoms with E-state index in [0.717, 1.165) is 16.7 Å². The first kappa shape index (κ1) is 21.4. The zero-order valence-electron chi connectivity index (χ0n) is 18.3. The summed E-state index contributed by atoms with van der Waals surface area (Å²) in [6.07, 6.45) is 0. The van der Waals surface area contributed by atoms with Crippen molar-refractivity contribution in [2.24, 2.45) is 5.92 Å². The smallest absolute Gasteiger partial charge is 0.278 e. The van der Waals surface area contributed by atoms with Gasteiger partial charge in [0.15, 0.2) is 0 Å². The number of methoxy groups -OCH3 is 2. The second-order valence-electron chi connectivity index (χ2n) is 7.89. The van der Waals surface area contributed by atoms with Crippen LogP contribution in [-0.2, 0) is 9.59 Å². The first-order chi connectivity index (χ1) is 14.2. The van der Waals surface area contributed by atoms with E-state index in [4.69, 9.17) is 9.47 Å². The van der Waals surface area contributed by atoms with Crippen LogP contribution in [0.15, 0.2) is 42.1 Å². The summed E-state index contributed by atoms with van der Waals surface area (Å²) in [5, 5.41) is 3.16. The summed E-state index contributed by atoms with van der Waals surface area (Å²) in [5.41, 5.74) is 4.16. The Labute approximate surface area is 177 Å². The van der Waals surface area contributed by atoms with Gasteiger partial charge in [-0.05, 0) is 36.5 Å². The first-order valence-electron chi connectivity index (χ1n) is 9.93. The quantitative estimate of drug-likeness (QED) is 0.697. The molecule has 0 saturated carbocycles. The zero-order chi connectivity index (χ0) is 22.0. The van der Waals surface area contributed by atoms with Crippen molar-refractivity contribution in [1.82, 2.24) is 4.90 Å². The summed E-state index contributed by atoms with van der Waals surface area (Å²) in [7, 11) is 3.12. The maximum atomic E-state index is 13.3. The number of imide groups is 1. The number of nitrogens with one attached hydrogen (secondary N) is 1. The van der Waals surface area contributed by atoms with Crippen molar-refractivity contribution >= 4 is 23.1 Å². The molecule has 0 radical (unpaired) electrons. The summed E-state index contributed by atoms with van der Waals surface area (Å²) < 4.78 is 10.7. The molecule has 2 amide bonds. The zero-order valence-corrected chi connectivity index (χ0v) is 18.3. The average Bonchev–Trinajstić information content (AvgIpc) is 2.93. The van der Waals surface area contributed by atoms with Gasteiger partial charge in [0.05, 0.1) is 19.8 Å². The van der Waals surface area contributed by atoms with Gasteiger partial charge in [0.1, 0.15) is 17.2 Å². The van der Waals surface area contributed by atoms with Gasteiger partial charge in [-0.2, -0.15) is 0 Å². The number of ether oxygens (including phenoxy) is 2. The SMILES string of the molecule is COc1cc(NC2=C(c3ccc(C)c(C)c3)C(=O)N(CC(C)C)C2=O)cc(OC)c1. The van der Waals surface area contributed by atoms with Crippen molar-refractivity contribution < 1.29 is 19.1 Å². The highest BCUT2D eigenvalue weighted by molar-refractivity contribution is 6.36. The number of aryl methyl sites for hydroxylation is 2. The minimum absolute atomic E-state index is 0.162. The molecule has 158 valence electrons. The van der Waals surface area contributed by atoms with Crippen molar-refractivity contribution in [3.63, 3.8) is 0 Å². The van der Waals surface area contributed by atoms with E-state index in [2.05, 4.69) is 5.32 Å². The van der Waals surface area contributed by atoms with E-state index < -0.39 is 0 Å². The average molecular weight is 408 g/mol. The van der Waals surface area contributed by atoms with Gasteiger partial charge in [0, 0.05) is 30.4 Å². The van der Waals surface area contributed by atoms with Crippen molar-refractivity contribution in [3.8, 4) is 11.5 Å². The van der Waals surface area contributed by atoms with Gasteiger partial charge in [-0.3, -0.25) is 14.5 Å². The standard InChI is InChI=1S/C24H28N2O4/c1-14(2)13-26-23(27)21(17-8-7-15(3)16(4)9-17)22(24(26)28)25-18-10-19(29-5)12-20(11-18)30-6/h7-12,14,25H,13H2,1-6H3. The van der Waals surface area contributed by atoms with E-state index in [1.54, 1.807) is 32.4 Å². The fourth-order valence-corrected chi connectivity index (χ4v) is 3.41. The fourth-order valence-electron chi connectivity index (χ4n) is 3.41. The van der Waals surface area contributed by atoms with E-state index in [1.165, 1.54) is 4.90 Å². The van der Waals surface area contributed by atoms with Crippen LogP contribution in [0.5, 0.6) is 11.5 Å². The number of rotatable bonds is 7. The third kappa shape index (κ3) is 4.17. The lowest BCUT2D eigenvalue weighted by Crippen LogP contribution is -2.35. The summed E-state index contributed by atoms with van der Waals surface area (Å²) in [5.74, 6) is 0.718. The molecule has 0 spiro atoms. The number of hydrogen-bond donors (Lipinski definition) is 1. The fraction of sp³-hybridized carbons (Fsp3) is 0.333. The molecular weight excluding hydrogens is 380 g/mol. The van der Waals surface area contributed by atoms with Crippen molar-refractivity contribution in [3.05, 3.63) is 58.8 Å². The Balaban J connectivity index is 2.11. The molecule has 0 saturated heterocycles. The number of anilines is 1. The molecule has 0 aromatic heterocycles. The van der Waals surface area contributed by atoms with Crippen LogP contribution >= 0.6 is 0 Å². The van der Waals surface area contributed by atoms with Crippen LogP contribution in [0.25, 0.3) is 5.57 Å². The van der Waals surface area contributed by atoms with Crippen LogP contribution in [0.2, 0.25) is 0 Å². The Morgan fingerprint density at radius 3 is 2.07 bits per heavy atom. The third-order valence-corrected chi connectivity index (χ3v) is 5.13. The van der Waals surface area contributed by atoms with Crippen LogP contribution in [0, 0.1) is 19.8 Å². The number of carbonyl (C=O) groups is 2. The van der Waals surface area contributed by atoms with Crippen molar-refractivity contribution in [2.75, 3.05) is 26.1 Å². The largest absolute Gasteiger partial charge is 0.497 e. The molecule has 0 bridgehead atoms. The normalized spacial score (nSPS) is 14.0.